The number of hydrogen-bond acceptors (Lipinski definition) is 2. The van der Waals surface area contributed by atoms with Crippen LogP contribution in [0.2, 0.25) is 0 Å². The molecular weight excluding hydrogens is 138 g/mol. The molecule has 1 fully saturated rings. The largest absolute Gasteiger partial charge is 0.396 e. The summed E-state index contributed by atoms with van der Waals surface area (Å²) in [6, 6.07) is 0.459. The molecule has 1 saturated carbocycles. The number of aliphatic hydroxyl groups excluding tert-OH is 1. The summed E-state index contributed by atoms with van der Waals surface area (Å²) in [5.41, 5.74) is 0. The third-order valence-corrected chi connectivity index (χ3v) is 2.57. The molecule has 1 aliphatic rings. The van der Waals surface area contributed by atoms with E-state index in [1.54, 1.807) is 0 Å². The van der Waals surface area contributed by atoms with E-state index in [-0.39, 0.29) is 0 Å². The molecule has 0 spiro atoms. The molecule has 0 aromatic heterocycles. The summed E-state index contributed by atoms with van der Waals surface area (Å²) in [5.74, 6) is 1.32. The number of rotatable bonds is 5. The minimum Gasteiger partial charge on any atom is -0.396 e. The summed E-state index contributed by atoms with van der Waals surface area (Å²) >= 11 is 0. The molecule has 2 nitrogen and oxygen atoms in total. The molecule has 0 radical (unpaired) electrons. The first kappa shape index (κ1) is 9.01. The lowest BCUT2D eigenvalue weighted by Crippen LogP contribution is -2.35. The van der Waals surface area contributed by atoms with Gasteiger partial charge < -0.3 is 10.4 Å². The third kappa shape index (κ3) is 3.21. The monoisotopic (exact) mass is 157 g/mol. The fourth-order valence-corrected chi connectivity index (χ4v) is 1.03. The maximum atomic E-state index is 8.85. The first-order valence-corrected chi connectivity index (χ1v) is 4.58. The second-order valence-electron chi connectivity index (χ2n) is 3.80. The summed E-state index contributed by atoms with van der Waals surface area (Å²) in [4.78, 5) is 0. The summed E-state index contributed by atoms with van der Waals surface area (Å²) in [7, 11) is 0. The van der Waals surface area contributed by atoms with Crippen LogP contribution in [0.15, 0.2) is 0 Å². The molecule has 1 aliphatic carbocycles. The third-order valence-electron chi connectivity index (χ3n) is 2.57. The molecule has 2 heteroatoms. The zero-order valence-electron chi connectivity index (χ0n) is 7.51. The molecule has 2 N–H and O–H groups in total. The molecule has 0 amide bonds. The van der Waals surface area contributed by atoms with Gasteiger partial charge in [-0.2, -0.15) is 0 Å². The molecule has 2 unspecified atom stereocenters. The lowest BCUT2D eigenvalue weighted by Gasteiger charge is -2.18. The van der Waals surface area contributed by atoms with Crippen LogP contribution in [0.4, 0.5) is 0 Å². The summed E-state index contributed by atoms with van der Waals surface area (Å²) < 4.78 is 0. The molecule has 0 saturated heterocycles. The Morgan fingerprint density at radius 1 is 1.45 bits per heavy atom. The predicted octanol–water partition coefficient (Wildman–Crippen LogP) is 1.00. The van der Waals surface area contributed by atoms with Crippen molar-refractivity contribution in [2.24, 2.45) is 11.8 Å². The highest BCUT2D eigenvalue weighted by atomic mass is 16.3. The van der Waals surface area contributed by atoms with E-state index in [0.717, 1.165) is 12.5 Å². The van der Waals surface area contributed by atoms with Crippen molar-refractivity contribution in [3.8, 4) is 0 Å². The molecule has 0 aromatic carbocycles. The van der Waals surface area contributed by atoms with Crippen LogP contribution in [0.1, 0.15) is 26.7 Å². The van der Waals surface area contributed by atoms with Crippen molar-refractivity contribution in [2.45, 2.75) is 32.7 Å². The van der Waals surface area contributed by atoms with E-state index in [1.165, 1.54) is 12.8 Å². The molecule has 1 rings (SSSR count). The van der Waals surface area contributed by atoms with Gasteiger partial charge in [0, 0.05) is 12.6 Å². The van der Waals surface area contributed by atoms with Gasteiger partial charge in [-0.3, -0.25) is 0 Å². The summed E-state index contributed by atoms with van der Waals surface area (Å²) in [6.07, 6.45) is 2.79. The van der Waals surface area contributed by atoms with Gasteiger partial charge in [-0.25, -0.2) is 0 Å². The van der Waals surface area contributed by atoms with Crippen LogP contribution in [0, 0.1) is 11.8 Å². The van der Waals surface area contributed by atoms with Gasteiger partial charge in [0.25, 0.3) is 0 Å². The van der Waals surface area contributed by atoms with E-state index >= 15 is 0 Å². The smallest absolute Gasteiger partial charge is 0.0471 e. The van der Waals surface area contributed by atoms with Gasteiger partial charge in [0.2, 0.25) is 0 Å². The van der Waals surface area contributed by atoms with E-state index in [9.17, 15) is 0 Å². The quantitative estimate of drug-likeness (QED) is 0.624. The van der Waals surface area contributed by atoms with Gasteiger partial charge in [0.05, 0.1) is 0 Å². The van der Waals surface area contributed by atoms with E-state index in [0.29, 0.717) is 18.6 Å². The fraction of sp³-hybridized carbons (Fsp3) is 1.00. The Hall–Kier alpha value is -0.0800. The Labute approximate surface area is 69.0 Å². The highest BCUT2D eigenvalue weighted by Gasteiger charge is 2.22. The number of hydrogen-bond donors (Lipinski definition) is 2. The molecule has 0 aromatic rings. The average molecular weight is 157 g/mol. The van der Waals surface area contributed by atoms with Crippen molar-refractivity contribution < 1.29 is 5.11 Å². The fourth-order valence-electron chi connectivity index (χ4n) is 1.03. The van der Waals surface area contributed by atoms with Gasteiger partial charge in [0.1, 0.15) is 0 Å². The minimum atomic E-state index is 0.291. The Balaban J connectivity index is 2.03. The van der Waals surface area contributed by atoms with Crippen LogP contribution in [-0.2, 0) is 0 Å². The molecule has 66 valence electrons. The van der Waals surface area contributed by atoms with Gasteiger partial charge in [-0.1, -0.05) is 6.92 Å². The second kappa shape index (κ2) is 4.07. The lowest BCUT2D eigenvalue weighted by molar-refractivity contribution is 0.207. The van der Waals surface area contributed by atoms with E-state index in [1.807, 2.05) is 0 Å². The van der Waals surface area contributed by atoms with Crippen molar-refractivity contribution in [3.05, 3.63) is 0 Å². The highest BCUT2D eigenvalue weighted by Crippen LogP contribution is 2.27. The normalized spacial score (nSPS) is 23.2. The summed E-state index contributed by atoms with van der Waals surface area (Å²) in [5, 5.41) is 12.3. The van der Waals surface area contributed by atoms with Gasteiger partial charge in [-0.05, 0) is 38.1 Å². The van der Waals surface area contributed by atoms with Crippen molar-refractivity contribution in [2.75, 3.05) is 13.2 Å². The van der Waals surface area contributed by atoms with E-state index in [2.05, 4.69) is 19.2 Å². The van der Waals surface area contributed by atoms with Crippen LogP contribution in [0.3, 0.4) is 0 Å². The Morgan fingerprint density at radius 3 is 2.55 bits per heavy atom. The molecular formula is C9H19NO. The van der Waals surface area contributed by atoms with E-state index in [4.69, 9.17) is 5.11 Å². The number of aliphatic hydroxyl groups is 1. The molecule has 2 atom stereocenters. The SMILES string of the molecule is CC(CO)C(C)NCC1CC1. The first-order chi connectivity index (χ1) is 5.24. The molecule has 0 bridgehead atoms. The Morgan fingerprint density at radius 2 is 2.09 bits per heavy atom. The molecule has 0 aliphatic heterocycles. The van der Waals surface area contributed by atoms with Crippen molar-refractivity contribution in [1.82, 2.24) is 5.32 Å². The lowest BCUT2D eigenvalue weighted by atomic mass is 10.1. The van der Waals surface area contributed by atoms with Crippen LogP contribution in [0.5, 0.6) is 0 Å². The zero-order valence-corrected chi connectivity index (χ0v) is 7.51. The second-order valence-corrected chi connectivity index (χ2v) is 3.80. The van der Waals surface area contributed by atoms with Crippen molar-refractivity contribution >= 4 is 0 Å². The minimum absolute atomic E-state index is 0.291. The average Bonchev–Trinajstić information content (AvgIpc) is 2.81. The molecule has 0 heterocycles. The maximum absolute atomic E-state index is 8.85. The maximum Gasteiger partial charge on any atom is 0.0471 e. The predicted molar refractivity (Wildman–Crippen MR) is 46.4 cm³/mol. The van der Waals surface area contributed by atoms with E-state index < -0.39 is 0 Å². The van der Waals surface area contributed by atoms with Gasteiger partial charge >= 0.3 is 0 Å². The van der Waals surface area contributed by atoms with Crippen molar-refractivity contribution in [1.29, 1.82) is 0 Å². The number of nitrogens with one attached hydrogen (secondary N) is 1. The van der Waals surface area contributed by atoms with Crippen LogP contribution in [-0.4, -0.2) is 24.3 Å². The van der Waals surface area contributed by atoms with Crippen molar-refractivity contribution in [3.63, 3.8) is 0 Å². The van der Waals surface area contributed by atoms with Crippen LogP contribution >= 0.6 is 0 Å². The topological polar surface area (TPSA) is 32.3 Å². The van der Waals surface area contributed by atoms with Gasteiger partial charge in [-0.15, -0.1) is 0 Å². The first-order valence-electron chi connectivity index (χ1n) is 4.58. The Bertz CT molecular complexity index is 112. The standard InChI is InChI=1S/C9H19NO/c1-7(6-11)8(2)10-5-9-3-4-9/h7-11H,3-6H2,1-2H3. The molecule has 11 heavy (non-hydrogen) atoms. The summed E-state index contributed by atoms with van der Waals surface area (Å²) in [6.45, 7) is 5.65. The zero-order chi connectivity index (χ0) is 8.27. The Kier molecular flexibility index (Phi) is 3.34. The van der Waals surface area contributed by atoms with Crippen LogP contribution in [0.25, 0.3) is 0 Å². The van der Waals surface area contributed by atoms with Gasteiger partial charge in [0.15, 0.2) is 0 Å². The van der Waals surface area contributed by atoms with Crippen LogP contribution < -0.4 is 5.32 Å². The highest BCUT2D eigenvalue weighted by molar-refractivity contribution is 4.78.